The maximum atomic E-state index is 7.78. The van der Waals surface area contributed by atoms with Crippen LogP contribution in [0.2, 0.25) is 0 Å². The van der Waals surface area contributed by atoms with Gasteiger partial charge in [-0.05, 0) is 197 Å². The molecule has 0 aliphatic heterocycles. The standard InChI is InChI=1S/C99H93N3O2/c1-94(2,3)66-38-34-64(35-39-66)65-36-40-71(41-37-65)99(72-50-60-77(61-51-72)100(75-52-42-67(43-53-75)95(4,5)6)76-54-44-68(45-55-76)96(7,8)9)82-63-85(102(74-28-20-17-21-29-74)79-58-48-70(49-59-79)98(13,14)15)92-89(81-31-23-25-33-87(81)103-92)90(82)91-83(99)62-84(88-80-30-22-24-32-86(80)104-93(88)91)101(73-26-18-16-19-27-73)78-56-46-69(47-57-78)97(10,11)12/h16-63H,1-15H3. The topological polar surface area (TPSA) is 36.0 Å². The van der Waals surface area contributed by atoms with Crippen molar-refractivity contribution >= 4 is 95.1 Å². The predicted molar refractivity (Wildman–Crippen MR) is 441 cm³/mol. The molecule has 0 saturated carbocycles. The fourth-order valence-corrected chi connectivity index (χ4v) is 16.0. The molecule has 516 valence electrons. The van der Waals surface area contributed by atoms with Crippen LogP contribution in [-0.4, -0.2) is 0 Å². The van der Waals surface area contributed by atoms with Gasteiger partial charge in [-0.1, -0.05) is 286 Å². The van der Waals surface area contributed by atoms with Gasteiger partial charge in [-0.25, -0.2) is 0 Å². The summed E-state index contributed by atoms with van der Waals surface area (Å²) in [6.45, 7) is 34.3. The lowest BCUT2D eigenvalue weighted by Crippen LogP contribution is -2.29. The van der Waals surface area contributed by atoms with Gasteiger partial charge in [-0.15, -0.1) is 0 Å². The second-order valence-corrected chi connectivity index (χ2v) is 33.8. The molecule has 0 bridgehead atoms. The van der Waals surface area contributed by atoms with E-state index in [4.69, 9.17) is 8.83 Å². The Hall–Kier alpha value is -11.1. The lowest BCUT2D eigenvalue weighted by molar-refractivity contribution is 0.590. The zero-order chi connectivity index (χ0) is 72.4. The lowest BCUT2D eigenvalue weighted by atomic mass is 9.67. The average molecular weight is 1360 g/mol. The van der Waals surface area contributed by atoms with Gasteiger partial charge >= 0.3 is 0 Å². The number of hydrogen-bond acceptors (Lipinski definition) is 5. The molecule has 1 aliphatic carbocycles. The summed E-state index contributed by atoms with van der Waals surface area (Å²) in [5, 5.41) is 4.09. The Morgan fingerprint density at radius 3 is 0.942 bits per heavy atom. The highest BCUT2D eigenvalue weighted by Gasteiger charge is 2.51. The van der Waals surface area contributed by atoms with E-state index in [-0.39, 0.29) is 27.1 Å². The van der Waals surface area contributed by atoms with Crippen LogP contribution in [0, 0.1) is 0 Å². The van der Waals surface area contributed by atoms with Gasteiger partial charge in [-0.3, -0.25) is 0 Å². The SMILES string of the molecule is CC(C)(C)c1ccc(-c2ccc(C3(c4ccc(N(c5ccc(C(C)(C)C)cc5)c5ccc(C(C)(C)C)cc5)cc4)c4cc(N(c5ccccc5)c5ccc(C(C)(C)C)cc5)c5c(oc6ccccc65)c4-c4c3cc(N(c3ccccc3)c3ccc(C(C)(C)C)cc3)c3oc5ccccc5c43)cc2)cc1. The Kier molecular flexibility index (Phi) is 16.2. The van der Waals surface area contributed by atoms with Crippen LogP contribution in [0.25, 0.3) is 66.1 Å². The van der Waals surface area contributed by atoms with Crippen molar-refractivity contribution < 1.29 is 8.83 Å². The average Bonchev–Trinajstić information content (AvgIpc) is 1.50. The van der Waals surface area contributed by atoms with Gasteiger partial charge in [-0.2, -0.15) is 0 Å². The Bertz CT molecular complexity index is 5620. The van der Waals surface area contributed by atoms with Crippen molar-refractivity contribution in [3.8, 4) is 22.3 Å². The van der Waals surface area contributed by atoms with Crippen molar-refractivity contribution in [2.45, 2.75) is 136 Å². The highest BCUT2D eigenvalue weighted by atomic mass is 16.3. The van der Waals surface area contributed by atoms with Crippen LogP contribution in [0.1, 0.15) is 154 Å². The van der Waals surface area contributed by atoms with Crippen LogP contribution in [0.3, 0.4) is 0 Å². The van der Waals surface area contributed by atoms with E-state index in [2.05, 4.69) is 410 Å². The van der Waals surface area contributed by atoms with Crippen molar-refractivity contribution in [2.24, 2.45) is 0 Å². The summed E-state index contributed by atoms with van der Waals surface area (Å²) in [5.41, 5.74) is 26.3. The molecule has 2 heterocycles. The minimum atomic E-state index is -1.08. The van der Waals surface area contributed by atoms with E-state index >= 15 is 0 Å². The van der Waals surface area contributed by atoms with Crippen LogP contribution >= 0.6 is 0 Å². The van der Waals surface area contributed by atoms with Gasteiger partial charge in [0.25, 0.3) is 0 Å². The molecule has 0 spiro atoms. The molecule has 0 amide bonds. The van der Waals surface area contributed by atoms with E-state index in [1.165, 1.54) is 27.8 Å². The van der Waals surface area contributed by atoms with Gasteiger partial charge in [0.1, 0.15) is 16.7 Å². The number of nitrogens with zero attached hydrogens (tertiary/aromatic N) is 3. The molecule has 0 N–H and O–H groups in total. The molecule has 0 saturated heterocycles. The Morgan fingerprint density at radius 2 is 0.538 bits per heavy atom. The number of anilines is 9. The molecule has 5 nitrogen and oxygen atoms in total. The molecule has 104 heavy (non-hydrogen) atoms. The molecule has 1 aliphatic rings. The zero-order valence-corrected chi connectivity index (χ0v) is 62.9. The summed E-state index contributed by atoms with van der Waals surface area (Å²) in [7, 11) is 0. The van der Waals surface area contributed by atoms with Crippen LogP contribution in [0.5, 0.6) is 0 Å². The molecular weight excluding hydrogens is 1260 g/mol. The summed E-state index contributed by atoms with van der Waals surface area (Å²) >= 11 is 0. The fourth-order valence-electron chi connectivity index (χ4n) is 16.0. The smallest absolute Gasteiger partial charge is 0.160 e. The maximum absolute atomic E-state index is 7.78. The van der Waals surface area contributed by atoms with Crippen LogP contribution in [-0.2, 0) is 32.5 Å². The number of benzene rings is 13. The first-order chi connectivity index (χ1) is 49.7. The van der Waals surface area contributed by atoms with E-state index in [9.17, 15) is 0 Å². The van der Waals surface area contributed by atoms with Crippen molar-refractivity contribution in [3.05, 3.63) is 341 Å². The Labute approximate surface area is 614 Å². The number of fused-ring (bicyclic) bond motifs is 11. The van der Waals surface area contributed by atoms with Crippen LogP contribution < -0.4 is 14.7 Å². The molecule has 1 unspecified atom stereocenters. The molecule has 1 atom stereocenters. The summed E-state index contributed by atoms with van der Waals surface area (Å²) in [5.74, 6) is 0. The molecule has 5 heteroatoms. The molecule has 15 aromatic rings. The highest BCUT2D eigenvalue weighted by Crippen LogP contribution is 2.65. The third kappa shape index (κ3) is 11.7. The molecule has 0 radical (unpaired) electrons. The quantitative estimate of drug-likeness (QED) is 0.122. The minimum absolute atomic E-state index is 0.00497. The Balaban J connectivity index is 1.07. The first-order valence-corrected chi connectivity index (χ1v) is 37.0. The first kappa shape index (κ1) is 67.4. The van der Waals surface area contributed by atoms with E-state index in [1.54, 1.807) is 0 Å². The molecule has 2 aromatic heterocycles. The summed E-state index contributed by atoms with van der Waals surface area (Å²) < 4.78 is 15.4. The summed E-state index contributed by atoms with van der Waals surface area (Å²) in [6, 6.07) is 109. The molecule has 13 aromatic carbocycles. The third-order valence-corrected chi connectivity index (χ3v) is 21.8. The first-order valence-electron chi connectivity index (χ1n) is 37.0. The van der Waals surface area contributed by atoms with Crippen LogP contribution in [0.4, 0.5) is 51.2 Å². The molecule has 0 fully saturated rings. The van der Waals surface area contributed by atoms with Crippen LogP contribution in [0.15, 0.2) is 300 Å². The second-order valence-electron chi connectivity index (χ2n) is 33.8. The number of para-hydroxylation sites is 4. The number of furan rings is 2. The second kappa shape index (κ2) is 25.1. The third-order valence-electron chi connectivity index (χ3n) is 21.8. The monoisotopic (exact) mass is 1360 g/mol. The normalized spacial score (nSPS) is 14.1. The highest BCUT2D eigenvalue weighted by molar-refractivity contribution is 6.26. The van der Waals surface area contributed by atoms with E-state index in [1.807, 2.05) is 0 Å². The lowest BCUT2D eigenvalue weighted by Gasteiger charge is -2.36. The van der Waals surface area contributed by atoms with E-state index in [0.717, 1.165) is 140 Å². The largest absolute Gasteiger partial charge is 0.455 e. The van der Waals surface area contributed by atoms with E-state index < -0.39 is 5.41 Å². The maximum Gasteiger partial charge on any atom is 0.160 e. The molecule has 16 rings (SSSR count). The van der Waals surface area contributed by atoms with Crippen molar-refractivity contribution in [3.63, 3.8) is 0 Å². The fraction of sp³-hybridized carbons (Fsp3) is 0.212. The van der Waals surface area contributed by atoms with Crippen molar-refractivity contribution in [1.82, 2.24) is 0 Å². The van der Waals surface area contributed by atoms with E-state index in [0.29, 0.717) is 0 Å². The van der Waals surface area contributed by atoms with Crippen molar-refractivity contribution in [1.29, 1.82) is 0 Å². The number of hydrogen-bond donors (Lipinski definition) is 0. The van der Waals surface area contributed by atoms with Crippen molar-refractivity contribution in [2.75, 3.05) is 14.7 Å². The van der Waals surface area contributed by atoms with Gasteiger partial charge in [0, 0.05) is 67.1 Å². The van der Waals surface area contributed by atoms with Gasteiger partial charge in [0.05, 0.1) is 22.2 Å². The summed E-state index contributed by atoms with van der Waals surface area (Å²) in [4.78, 5) is 7.32. The predicted octanol–water partition coefficient (Wildman–Crippen LogP) is 28.4. The summed E-state index contributed by atoms with van der Waals surface area (Å²) in [6.07, 6.45) is 0. The number of rotatable bonds is 12. The Morgan fingerprint density at radius 1 is 0.250 bits per heavy atom. The van der Waals surface area contributed by atoms with Gasteiger partial charge in [0.2, 0.25) is 0 Å². The van der Waals surface area contributed by atoms with Gasteiger partial charge < -0.3 is 23.5 Å². The van der Waals surface area contributed by atoms with Gasteiger partial charge in [0.15, 0.2) is 5.58 Å². The molecular formula is C99H93N3O2. The zero-order valence-electron chi connectivity index (χ0n) is 62.9. The minimum Gasteiger partial charge on any atom is -0.455 e.